The zero-order valence-corrected chi connectivity index (χ0v) is 19.5. The van der Waals surface area contributed by atoms with E-state index in [9.17, 15) is 22.0 Å². The number of aromatic nitrogens is 1. The second-order valence-corrected chi connectivity index (χ2v) is 11.8. The molecule has 2 aromatic rings. The van der Waals surface area contributed by atoms with Crippen LogP contribution in [0.1, 0.15) is 44.9 Å². The van der Waals surface area contributed by atoms with Gasteiger partial charge < -0.3 is 0 Å². The SMILES string of the molecule is CC(C)(C)c1csc(NC(=O)/C(=C/C2C[C@@H](F)[C@@H](F)C2)c2ccc(S(C)(=O)=O)cc2)n1. The number of hydrogen-bond donors (Lipinski definition) is 1. The van der Waals surface area contributed by atoms with Gasteiger partial charge in [-0.1, -0.05) is 39.0 Å². The topological polar surface area (TPSA) is 76.1 Å². The number of carbonyl (C=O) groups is 1. The van der Waals surface area contributed by atoms with E-state index >= 15 is 0 Å². The van der Waals surface area contributed by atoms with Crippen LogP contribution in [-0.4, -0.2) is 37.9 Å². The lowest BCUT2D eigenvalue weighted by Crippen LogP contribution is -2.16. The minimum atomic E-state index is -3.39. The van der Waals surface area contributed by atoms with Crippen LogP contribution in [-0.2, 0) is 20.0 Å². The Kier molecular flexibility index (Phi) is 6.67. The number of alkyl halides is 2. The highest BCUT2D eigenvalue weighted by Crippen LogP contribution is 2.34. The highest BCUT2D eigenvalue weighted by atomic mass is 32.2. The lowest BCUT2D eigenvalue weighted by molar-refractivity contribution is -0.111. The summed E-state index contributed by atoms with van der Waals surface area (Å²) in [7, 11) is -3.39. The average molecular weight is 469 g/mol. The van der Waals surface area contributed by atoms with Gasteiger partial charge in [0, 0.05) is 22.6 Å². The van der Waals surface area contributed by atoms with Gasteiger partial charge in [-0.15, -0.1) is 11.3 Å². The highest BCUT2D eigenvalue weighted by molar-refractivity contribution is 7.90. The van der Waals surface area contributed by atoms with Crippen molar-refractivity contribution < 1.29 is 22.0 Å². The first kappa shape index (κ1) is 23.5. The Balaban J connectivity index is 1.92. The third-order valence-electron chi connectivity index (χ3n) is 5.18. The molecule has 1 fully saturated rings. The molecule has 1 aromatic carbocycles. The van der Waals surface area contributed by atoms with Crippen molar-refractivity contribution in [2.45, 2.75) is 56.3 Å². The molecule has 0 radical (unpaired) electrons. The van der Waals surface area contributed by atoms with E-state index in [1.165, 1.54) is 35.6 Å². The second-order valence-electron chi connectivity index (χ2n) is 8.88. The van der Waals surface area contributed by atoms with Crippen molar-refractivity contribution in [2.24, 2.45) is 5.92 Å². The maximum Gasteiger partial charge on any atom is 0.257 e. The van der Waals surface area contributed by atoms with E-state index in [1.54, 1.807) is 6.08 Å². The first-order chi connectivity index (χ1) is 14.3. The maximum atomic E-state index is 13.7. The number of halogens is 2. The molecule has 5 nitrogen and oxygen atoms in total. The van der Waals surface area contributed by atoms with Gasteiger partial charge in [-0.2, -0.15) is 0 Å². The van der Waals surface area contributed by atoms with Crippen LogP contribution in [0, 0.1) is 5.92 Å². The number of benzene rings is 1. The summed E-state index contributed by atoms with van der Waals surface area (Å²) in [6.45, 7) is 6.05. The van der Waals surface area contributed by atoms with Crippen molar-refractivity contribution in [2.75, 3.05) is 11.6 Å². The molecule has 1 aliphatic rings. The van der Waals surface area contributed by atoms with E-state index in [0.717, 1.165) is 11.9 Å². The van der Waals surface area contributed by atoms with Gasteiger partial charge in [0.2, 0.25) is 0 Å². The van der Waals surface area contributed by atoms with Crippen molar-refractivity contribution in [3.63, 3.8) is 0 Å². The number of sulfone groups is 1. The quantitative estimate of drug-likeness (QED) is 0.630. The molecule has 31 heavy (non-hydrogen) atoms. The van der Waals surface area contributed by atoms with Crippen LogP contribution >= 0.6 is 11.3 Å². The van der Waals surface area contributed by atoms with Gasteiger partial charge in [0.1, 0.15) is 12.3 Å². The third kappa shape index (κ3) is 5.77. The van der Waals surface area contributed by atoms with Crippen LogP contribution in [0.25, 0.3) is 5.57 Å². The van der Waals surface area contributed by atoms with Crippen LogP contribution in [0.2, 0.25) is 0 Å². The summed E-state index contributed by atoms with van der Waals surface area (Å²) < 4.78 is 50.9. The molecule has 0 bridgehead atoms. The maximum absolute atomic E-state index is 13.7. The Morgan fingerprint density at radius 2 is 1.74 bits per heavy atom. The summed E-state index contributed by atoms with van der Waals surface area (Å²) in [6.07, 6.45) is -0.412. The van der Waals surface area contributed by atoms with E-state index in [4.69, 9.17) is 0 Å². The van der Waals surface area contributed by atoms with Crippen LogP contribution in [0.15, 0.2) is 40.6 Å². The molecule has 1 N–H and O–H groups in total. The fourth-order valence-electron chi connectivity index (χ4n) is 3.37. The van der Waals surface area contributed by atoms with Crippen molar-refractivity contribution in [1.82, 2.24) is 4.98 Å². The Morgan fingerprint density at radius 3 is 2.23 bits per heavy atom. The Bertz CT molecular complexity index is 1080. The monoisotopic (exact) mass is 468 g/mol. The molecule has 1 unspecified atom stereocenters. The molecule has 3 rings (SSSR count). The van der Waals surface area contributed by atoms with Gasteiger partial charge in [0.05, 0.1) is 10.6 Å². The van der Waals surface area contributed by atoms with E-state index < -0.39 is 34.0 Å². The molecule has 0 saturated heterocycles. The Hall–Kier alpha value is -2.13. The molecular weight excluding hydrogens is 442 g/mol. The summed E-state index contributed by atoms with van der Waals surface area (Å²) in [4.78, 5) is 17.7. The molecular formula is C22H26F2N2O3S2. The number of hydrogen-bond acceptors (Lipinski definition) is 5. The van der Waals surface area contributed by atoms with Gasteiger partial charge in [-0.25, -0.2) is 22.2 Å². The summed E-state index contributed by atoms with van der Waals surface area (Å²) >= 11 is 1.30. The number of allylic oxidation sites excluding steroid dienone is 1. The molecule has 168 valence electrons. The summed E-state index contributed by atoms with van der Waals surface area (Å²) in [5.41, 5.74) is 1.37. The van der Waals surface area contributed by atoms with Crippen LogP contribution in [0.3, 0.4) is 0 Å². The average Bonchev–Trinajstić information content (AvgIpc) is 3.25. The molecule has 1 aromatic heterocycles. The molecule has 0 aliphatic heterocycles. The van der Waals surface area contributed by atoms with Gasteiger partial charge in [-0.05, 0) is 36.5 Å². The zero-order chi connectivity index (χ0) is 23.0. The number of carbonyl (C=O) groups excluding carboxylic acids is 1. The van der Waals surface area contributed by atoms with Gasteiger partial charge in [-0.3, -0.25) is 10.1 Å². The number of nitrogens with one attached hydrogen (secondary N) is 1. The summed E-state index contributed by atoms with van der Waals surface area (Å²) in [6, 6.07) is 5.88. The lowest BCUT2D eigenvalue weighted by atomic mass is 9.93. The fraction of sp³-hybridized carbons (Fsp3) is 0.455. The predicted octanol–water partition coefficient (Wildman–Crippen LogP) is 4.95. The Morgan fingerprint density at radius 1 is 1.16 bits per heavy atom. The molecule has 1 aliphatic carbocycles. The van der Waals surface area contributed by atoms with Gasteiger partial charge >= 0.3 is 0 Å². The lowest BCUT2D eigenvalue weighted by Gasteiger charge is -2.14. The molecule has 1 amide bonds. The second kappa shape index (κ2) is 8.78. The highest BCUT2D eigenvalue weighted by Gasteiger charge is 2.34. The molecule has 3 atom stereocenters. The molecule has 0 spiro atoms. The largest absolute Gasteiger partial charge is 0.298 e. The van der Waals surface area contributed by atoms with Gasteiger partial charge in [0.25, 0.3) is 5.91 Å². The number of thiazole rings is 1. The van der Waals surface area contributed by atoms with E-state index in [1.807, 2.05) is 26.2 Å². The molecule has 9 heteroatoms. The van der Waals surface area contributed by atoms with Crippen molar-refractivity contribution in [1.29, 1.82) is 0 Å². The number of amides is 1. The first-order valence-electron chi connectivity index (χ1n) is 9.92. The van der Waals surface area contributed by atoms with Crippen LogP contribution in [0.5, 0.6) is 0 Å². The van der Waals surface area contributed by atoms with Gasteiger partial charge in [0.15, 0.2) is 15.0 Å². The van der Waals surface area contributed by atoms with Crippen molar-refractivity contribution >= 4 is 37.8 Å². The smallest absolute Gasteiger partial charge is 0.257 e. The fourth-order valence-corrected chi connectivity index (χ4v) is 4.93. The van der Waals surface area contributed by atoms with Crippen LogP contribution in [0.4, 0.5) is 13.9 Å². The number of nitrogens with zero attached hydrogens (tertiary/aromatic N) is 1. The third-order valence-corrected chi connectivity index (χ3v) is 7.07. The first-order valence-corrected chi connectivity index (χ1v) is 12.7. The minimum absolute atomic E-state index is 0.00476. The van der Waals surface area contributed by atoms with Crippen LogP contribution < -0.4 is 5.32 Å². The van der Waals surface area contributed by atoms with Crippen molar-refractivity contribution in [3.05, 3.63) is 47.0 Å². The number of anilines is 1. The number of rotatable bonds is 5. The summed E-state index contributed by atoms with van der Waals surface area (Å²) in [5, 5.41) is 5.06. The molecule has 1 saturated carbocycles. The predicted molar refractivity (Wildman–Crippen MR) is 119 cm³/mol. The Labute approximate surface area is 185 Å². The minimum Gasteiger partial charge on any atom is -0.298 e. The zero-order valence-electron chi connectivity index (χ0n) is 17.9. The normalized spacial score (nSPS) is 22.5. The standard InChI is InChI=1S/C22H26F2N2O3S2/c1-22(2,3)19-12-30-21(25-19)26-20(27)16(9-13-10-17(23)18(24)11-13)14-5-7-15(8-6-14)31(4,28)29/h5-9,12-13,17-18H,10-11H2,1-4H3,(H,25,26,27)/b16-9+/t13?,17-,18+. The van der Waals surface area contributed by atoms with E-state index in [2.05, 4.69) is 10.3 Å². The van der Waals surface area contributed by atoms with E-state index in [-0.39, 0.29) is 28.7 Å². The summed E-state index contributed by atoms with van der Waals surface area (Å²) in [5.74, 6) is -0.888. The van der Waals surface area contributed by atoms with Crippen molar-refractivity contribution in [3.8, 4) is 0 Å². The molecule has 1 heterocycles. The van der Waals surface area contributed by atoms with E-state index in [0.29, 0.717) is 10.7 Å².